The fourth-order valence-corrected chi connectivity index (χ4v) is 2.58. The van der Waals surface area contributed by atoms with Gasteiger partial charge < -0.3 is 5.73 Å². The quantitative estimate of drug-likeness (QED) is 0.672. The summed E-state index contributed by atoms with van der Waals surface area (Å²) >= 11 is 0. The number of urea groups is 1. The Kier molecular flexibility index (Phi) is 2.09. The molecule has 4 rings (SSSR count). The molecule has 3 aliphatic rings. The molecule has 0 aliphatic carbocycles. The van der Waals surface area contributed by atoms with Gasteiger partial charge in [0.1, 0.15) is 0 Å². The zero-order chi connectivity index (χ0) is 13.7. The number of amides is 2. The first-order valence-corrected chi connectivity index (χ1v) is 6.23. The summed E-state index contributed by atoms with van der Waals surface area (Å²) < 4.78 is 1.80. The Morgan fingerprint density at radius 1 is 1.35 bits per heavy atom. The van der Waals surface area contributed by atoms with Crippen LogP contribution in [0.2, 0.25) is 0 Å². The lowest BCUT2D eigenvalue weighted by molar-refractivity contribution is 0.223. The number of fused-ring (bicyclic) bond motifs is 5. The summed E-state index contributed by atoms with van der Waals surface area (Å²) in [5, 5.41) is 4.53. The lowest BCUT2D eigenvalue weighted by Gasteiger charge is -2.18. The van der Waals surface area contributed by atoms with Crippen LogP contribution in [0.25, 0.3) is 22.9 Å². The van der Waals surface area contributed by atoms with Crippen molar-refractivity contribution < 1.29 is 4.79 Å². The predicted molar refractivity (Wildman–Crippen MR) is 73.8 cm³/mol. The first-order chi connectivity index (χ1) is 9.74. The van der Waals surface area contributed by atoms with Crippen molar-refractivity contribution in [3.8, 4) is 11.3 Å². The highest BCUT2D eigenvalue weighted by molar-refractivity contribution is 5.84. The highest BCUT2D eigenvalue weighted by atomic mass is 16.2. The van der Waals surface area contributed by atoms with E-state index < -0.39 is 6.03 Å². The average molecular weight is 265 g/mol. The molecule has 0 aromatic carbocycles. The van der Waals surface area contributed by atoms with Gasteiger partial charge in [-0.3, -0.25) is 9.88 Å². The smallest absolute Gasteiger partial charge is 0.319 e. The second-order valence-corrected chi connectivity index (χ2v) is 4.70. The third-order valence-corrected chi connectivity index (χ3v) is 3.52. The second kappa shape index (κ2) is 3.80. The van der Waals surface area contributed by atoms with Gasteiger partial charge in [-0.05, 0) is 18.2 Å². The molecule has 0 atom stereocenters. The molecule has 0 fully saturated rings. The van der Waals surface area contributed by atoms with E-state index in [1.807, 2.05) is 24.4 Å². The fourth-order valence-electron chi connectivity index (χ4n) is 2.58. The van der Waals surface area contributed by atoms with Gasteiger partial charge in [0.15, 0.2) is 0 Å². The zero-order valence-corrected chi connectivity index (χ0v) is 10.5. The van der Waals surface area contributed by atoms with Gasteiger partial charge in [-0.2, -0.15) is 5.10 Å². The van der Waals surface area contributed by atoms with E-state index in [0.717, 1.165) is 28.0 Å². The normalized spacial score (nSPS) is 13.9. The average Bonchev–Trinajstić information content (AvgIpc) is 2.98. The summed E-state index contributed by atoms with van der Waals surface area (Å²) in [4.78, 5) is 17.2. The summed E-state index contributed by atoms with van der Waals surface area (Å²) in [6.45, 7) is 0.413. The number of primary amides is 1. The summed E-state index contributed by atoms with van der Waals surface area (Å²) in [6, 6.07) is 5.41. The van der Waals surface area contributed by atoms with Gasteiger partial charge >= 0.3 is 6.03 Å². The van der Waals surface area contributed by atoms with Crippen molar-refractivity contribution in [1.29, 1.82) is 0 Å². The van der Waals surface area contributed by atoms with Gasteiger partial charge in [-0.15, -0.1) is 0 Å². The van der Waals surface area contributed by atoms with Gasteiger partial charge in [-0.1, -0.05) is 6.07 Å². The molecule has 1 aromatic rings. The van der Waals surface area contributed by atoms with Crippen LogP contribution in [0.4, 0.5) is 4.79 Å². The SMILES string of the molecule is NC(=O)N1C=Cc2nn3cccc4ccnc-4c3c2C1. The molecule has 0 saturated carbocycles. The first-order valence-electron chi connectivity index (χ1n) is 6.23. The summed E-state index contributed by atoms with van der Waals surface area (Å²) in [6.07, 6.45) is 7.12. The number of rotatable bonds is 0. The topological polar surface area (TPSA) is 76.5 Å². The number of carbonyl (C=O) groups is 1. The molecule has 4 heterocycles. The third kappa shape index (κ3) is 1.41. The molecule has 3 aliphatic heterocycles. The summed E-state index contributed by atoms with van der Waals surface area (Å²) in [5.74, 6) is 0. The number of carbonyl (C=O) groups excluding carboxylic acids is 1. The van der Waals surface area contributed by atoms with E-state index >= 15 is 0 Å². The minimum Gasteiger partial charge on any atom is -0.351 e. The zero-order valence-electron chi connectivity index (χ0n) is 10.5. The fraction of sp³-hybridized carbons (Fsp3) is 0.0714. The van der Waals surface area contributed by atoms with E-state index in [4.69, 9.17) is 5.73 Å². The molecule has 20 heavy (non-hydrogen) atoms. The first kappa shape index (κ1) is 11.0. The standard InChI is InChI=1S/C14H11N5O/c15-14(20)18-7-4-11-10(8-18)13-12-9(3-5-16-12)2-1-6-19(13)17-11/h1-7H,8H2,(H2,15,20). The maximum Gasteiger partial charge on any atom is 0.319 e. The monoisotopic (exact) mass is 265 g/mol. The number of nitrogens with zero attached hydrogens (tertiary/aromatic N) is 4. The molecule has 0 saturated heterocycles. The van der Waals surface area contributed by atoms with Gasteiger partial charge in [0.05, 0.1) is 23.4 Å². The summed E-state index contributed by atoms with van der Waals surface area (Å²) in [7, 11) is 0. The number of aromatic nitrogens is 3. The molecule has 2 amide bonds. The third-order valence-electron chi connectivity index (χ3n) is 3.52. The molecule has 1 aromatic heterocycles. The molecule has 0 radical (unpaired) electrons. The Hall–Kier alpha value is -2.89. The van der Waals surface area contributed by atoms with Gasteiger partial charge in [-0.25, -0.2) is 9.31 Å². The van der Waals surface area contributed by atoms with Gasteiger partial charge in [0.2, 0.25) is 0 Å². The molecule has 2 N–H and O–H groups in total. The molecule has 6 nitrogen and oxygen atoms in total. The molecular formula is C14H11N5O. The minimum absolute atomic E-state index is 0.413. The maximum atomic E-state index is 11.4. The largest absolute Gasteiger partial charge is 0.351 e. The molecular weight excluding hydrogens is 254 g/mol. The lowest BCUT2D eigenvalue weighted by atomic mass is 10.1. The molecule has 0 bridgehead atoms. The highest BCUT2D eigenvalue weighted by Crippen LogP contribution is 2.31. The minimum atomic E-state index is -0.474. The van der Waals surface area contributed by atoms with Crippen molar-refractivity contribution in [3.63, 3.8) is 0 Å². The highest BCUT2D eigenvalue weighted by Gasteiger charge is 2.22. The van der Waals surface area contributed by atoms with E-state index in [1.165, 1.54) is 4.90 Å². The molecule has 6 heteroatoms. The van der Waals surface area contributed by atoms with Crippen molar-refractivity contribution in [2.45, 2.75) is 6.54 Å². The Bertz CT molecular complexity index is 835. The predicted octanol–water partition coefficient (Wildman–Crippen LogP) is 1.70. The Balaban J connectivity index is 2.03. The van der Waals surface area contributed by atoms with Crippen LogP contribution < -0.4 is 5.73 Å². The number of hydrogen-bond donors (Lipinski definition) is 1. The summed E-state index contributed by atoms with van der Waals surface area (Å²) in [5.41, 5.74) is 10.00. The van der Waals surface area contributed by atoms with E-state index in [2.05, 4.69) is 10.1 Å². The number of nitrogens with two attached hydrogens (primary N) is 1. The van der Waals surface area contributed by atoms with E-state index in [0.29, 0.717) is 6.54 Å². The van der Waals surface area contributed by atoms with Crippen LogP contribution in [0, 0.1) is 0 Å². The van der Waals surface area contributed by atoms with Crippen LogP contribution in [0.3, 0.4) is 0 Å². The van der Waals surface area contributed by atoms with Crippen LogP contribution in [0.15, 0.2) is 36.8 Å². The van der Waals surface area contributed by atoms with Crippen LogP contribution in [0.1, 0.15) is 11.3 Å². The second-order valence-electron chi connectivity index (χ2n) is 4.70. The maximum absolute atomic E-state index is 11.4. The van der Waals surface area contributed by atoms with Crippen molar-refractivity contribution >= 4 is 17.6 Å². The Morgan fingerprint density at radius 2 is 2.25 bits per heavy atom. The molecule has 98 valence electrons. The van der Waals surface area contributed by atoms with Crippen molar-refractivity contribution in [3.05, 3.63) is 48.1 Å². The Morgan fingerprint density at radius 3 is 3.10 bits per heavy atom. The number of hydrogen-bond acceptors (Lipinski definition) is 3. The van der Waals surface area contributed by atoms with Crippen LogP contribution in [0.5, 0.6) is 0 Å². The van der Waals surface area contributed by atoms with Crippen molar-refractivity contribution in [2.75, 3.05) is 0 Å². The Labute approximate surface area is 114 Å². The van der Waals surface area contributed by atoms with Crippen LogP contribution >= 0.6 is 0 Å². The van der Waals surface area contributed by atoms with Gasteiger partial charge in [0, 0.05) is 29.7 Å². The molecule has 0 unspecified atom stereocenters. The van der Waals surface area contributed by atoms with Crippen LogP contribution in [-0.4, -0.2) is 25.5 Å². The van der Waals surface area contributed by atoms with E-state index in [9.17, 15) is 4.79 Å². The van der Waals surface area contributed by atoms with Crippen LogP contribution in [-0.2, 0) is 6.54 Å². The van der Waals surface area contributed by atoms with E-state index in [1.54, 1.807) is 23.0 Å². The molecule has 0 spiro atoms. The van der Waals surface area contributed by atoms with Crippen molar-refractivity contribution in [2.24, 2.45) is 5.73 Å². The van der Waals surface area contributed by atoms with Crippen molar-refractivity contribution in [1.82, 2.24) is 19.5 Å². The van der Waals surface area contributed by atoms with E-state index in [-0.39, 0.29) is 0 Å². The lowest BCUT2D eigenvalue weighted by Crippen LogP contribution is -2.32. The van der Waals surface area contributed by atoms with Gasteiger partial charge in [0.25, 0.3) is 0 Å².